The molecule has 1 aliphatic heterocycles. The van der Waals surface area contributed by atoms with Crippen LogP contribution in [0.4, 0.5) is 0 Å². The zero-order chi connectivity index (χ0) is 28.2. The van der Waals surface area contributed by atoms with Crippen molar-refractivity contribution in [3.8, 4) is 17.2 Å². The Hall–Kier alpha value is -3.24. The summed E-state index contributed by atoms with van der Waals surface area (Å²) in [7, 11) is 0. The summed E-state index contributed by atoms with van der Waals surface area (Å²) in [4.78, 5) is 0. The molecule has 216 valence electrons. The highest BCUT2D eigenvalue weighted by Gasteiger charge is 2.29. The second-order valence-corrected chi connectivity index (χ2v) is 12.4. The molecular weight excluding hydrogens is 508 g/mol. The van der Waals surface area contributed by atoms with Gasteiger partial charge >= 0.3 is 0 Å². The van der Waals surface area contributed by atoms with E-state index in [4.69, 9.17) is 14.2 Å². The first kappa shape index (κ1) is 27.9. The molecule has 1 unspecified atom stereocenters. The zero-order valence-corrected chi connectivity index (χ0v) is 24.5. The number of aryl methyl sites for hydroxylation is 2. The topological polar surface area (TPSA) is 47.9 Å². The average Bonchev–Trinajstić information content (AvgIpc) is 3.50. The highest BCUT2D eigenvalue weighted by molar-refractivity contribution is 5.74. The van der Waals surface area contributed by atoms with Crippen LogP contribution in [0.5, 0.6) is 17.2 Å². The quantitative estimate of drug-likeness (QED) is 0.290. The number of hydrogen-bond donors (Lipinski definition) is 1. The highest BCUT2D eigenvalue weighted by Crippen LogP contribution is 2.43. The van der Waals surface area contributed by atoms with Crippen LogP contribution < -0.4 is 9.47 Å². The lowest BCUT2D eigenvalue weighted by molar-refractivity contribution is 0.154. The summed E-state index contributed by atoms with van der Waals surface area (Å²) in [6, 6.07) is 18.4. The maximum atomic E-state index is 10.4. The second kappa shape index (κ2) is 12.7. The Morgan fingerprint density at radius 1 is 1.00 bits per heavy atom. The standard InChI is InChI=1S/C37H44O4/c1-25-17-32(38)22-36(40-24-27-9-5-3-6-10-27)37(25)26(2)29-13-14-30-19-34(41-33-11-7-4-8-12-33)20-31(35(30)21-29)18-28-15-16-39-23-28/h3,5-6,9-10,17,19-20,22,28-29,33,38H,2,4,7-8,11-16,18,21,23-24H2,1H3/t28-,29?/m0/s1. The molecule has 0 aromatic heterocycles. The summed E-state index contributed by atoms with van der Waals surface area (Å²) in [5.41, 5.74) is 8.60. The van der Waals surface area contributed by atoms with E-state index in [-0.39, 0.29) is 5.75 Å². The largest absolute Gasteiger partial charge is 0.508 e. The Bertz CT molecular complexity index is 1350. The summed E-state index contributed by atoms with van der Waals surface area (Å²) in [5, 5.41) is 10.4. The molecule has 1 N–H and O–H groups in total. The molecule has 4 nitrogen and oxygen atoms in total. The Labute approximate surface area is 245 Å². The van der Waals surface area contributed by atoms with Crippen molar-refractivity contribution in [2.45, 2.75) is 83.8 Å². The summed E-state index contributed by atoms with van der Waals surface area (Å²) in [6.07, 6.45) is 11.8. The van der Waals surface area contributed by atoms with Crippen LogP contribution in [0.3, 0.4) is 0 Å². The van der Waals surface area contributed by atoms with Crippen molar-refractivity contribution in [3.63, 3.8) is 0 Å². The van der Waals surface area contributed by atoms with Crippen LogP contribution in [0.25, 0.3) is 5.57 Å². The summed E-state index contributed by atoms with van der Waals surface area (Å²) in [5.74, 6) is 2.88. The van der Waals surface area contributed by atoms with Gasteiger partial charge in [-0.3, -0.25) is 0 Å². The van der Waals surface area contributed by atoms with Crippen molar-refractivity contribution in [1.29, 1.82) is 0 Å². The van der Waals surface area contributed by atoms with Crippen LogP contribution in [0.2, 0.25) is 0 Å². The van der Waals surface area contributed by atoms with Gasteiger partial charge in [0.2, 0.25) is 0 Å². The van der Waals surface area contributed by atoms with Gasteiger partial charge in [-0.05, 0) is 128 Å². The first-order valence-electron chi connectivity index (χ1n) is 15.6. The molecular formula is C37H44O4. The molecule has 3 aromatic carbocycles. The predicted molar refractivity (Wildman–Crippen MR) is 165 cm³/mol. The Balaban J connectivity index is 1.26. The molecule has 41 heavy (non-hydrogen) atoms. The third-order valence-electron chi connectivity index (χ3n) is 9.34. The summed E-state index contributed by atoms with van der Waals surface area (Å²) in [6.45, 7) is 8.88. The van der Waals surface area contributed by atoms with Crippen LogP contribution in [-0.4, -0.2) is 24.4 Å². The normalized spacial score (nSPS) is 20.9. The van der Waals surface area contributed by atoms with E-state index in [0.717, 1.165) is 73.3 Å². The molecule has 2 atom stereocenters. The molecule has 0 amide bonds. The molecule has 2 aliphatic carbocycles. The Morgan fingerprint density at radius 2 is 1.83 bits per heavy atom. The van der Waals surface area contributed by atoms with Crippen molar-refractivity contribution in [1.82, 2.24) is 0 Å². The van der Waals surface area contributed by atoms with Gasteiger partial charge in [0.25, 0.3) is 0 Å². The van der Waals surface area contributed by atoms with E-state index in [9.17, 15) is 5.11 Å². The van der Waals surface area contributed by atoms with Crippen LogP contribution >= 0.6 is 0 Å². The van der Waals surface area contributed by atoms with Crippen LogP contribution in [0.15, 0.2) is 61.2 Å². The van der Waals surface area contributed by atoms with Gasteiger partial charge in [-0.15, -0.1) is 0 Å². The van der Waals surface area contributed by atoms with Gasteiger partial charge in [0, 0.05) is 24.8 Å². The highest BCUT2D eigenvalue weighted by atomic mass is 16.5. The van der Waals surface area contributed by atoms with Gasteiger partial charge in [0.1, 0.15) is 23.9 Å². The van der Waals surface area contributed by atoms with Crippen molar-refractivity contribution in [3.05, 3.63) is 94.6 Å². The van der Waals surface area contributed by atoms with Gasteiger partial charge in [0.05, 0.1) is 6.10 Å². The Kier molecular flexibility index (Phi) is 8.67. The van der Waals surface area contributed by atoms with E-state index in [1.165, 1.54) is 48.8 Å². The van der Waals surface area contributed by atoms with E-state index >= 15 is 0 Å². The summed E-state index contributed by atoms with van der Waals surface area (Å²) >= 11 is 0. The minimum Gasteiger partial charge on any atom is -0.508 e. The molecule has 0 bridgehead atoms. The number of aromatic hydroxyl groups is 1. The molecule has 6 rings (SSSR count). The maximum absolute atomic E-state index is 10.4. The smallest absolute Gasteiger partial charge is 0.131 e. The lowest BCUT2D eigenvalue weighted by atomic mass is 9.75. The minimum atomic E-state index is 0.225. The SMILES string of the molecule is C=C(c1c(C)cc(O)cc1OCc1ccccc1)C1CCc2cc(OC3CCCCC3)cc(C[C@@H]3CCOC3)c2C1. The molecule has 3 aliphatic rings. The lowest BCUT2D eigenvalue weighted by Crippen LogP contribution is -2.22. The van der Waals surface area contributed by atoms with Crippen LogP contribution in [0, 0.1) is 18.8 Å². The van der Waals surface area contributed by atoms with E-state index in [1.807, 2.05) is 31.2 Å². The average molecular weight is 553 g/mol. The van der Waals surface area contributed by atoms with Crippen molar-refractivity contribution < 1.29 is 19.3 Å². The maximum Gasteiger partial charge on any atom is 0.131 e. The number of hydrogen-bond acceptors (Lipinski definition) is 4. The zero-order valence-electron chi connectivity index (χ0n) is 24.5. The molecule has 2 fully saturated rings. The van der Waals surface area contributed by atoms with Crippen molar-refractivity contribution >= 4 is 5.57 Å². The van der Waals surface area contributed by atoms with Gasteiger partial charge in [-0.2, -0.15) is 0 Å². The fourth-order valence-electron chi connectivity index (χ4n) is 7.11. The molecule has 1 heterocycles. The fraction of sp³-hybridized carbons (Fsp3) is 0.459. The van der Waals surface area contributed by atoms with Gasteiger partial charge in [0.15, 0.2) is 0 Å². The summed E-state index contributed by atoms with van der Waals surface area (Å²) < 4.78 is 18.7. The van der Waals surface area contributed by atoms with Gasteiger partial charge in [-0.25, -0.2) is 0 Å². The number of benzene rings is 3. The van der Waals surface area contributed by atoms with Crippen LogP contribution in [-0.2, 0) is 30.6 Å². The number of allylic oxidation sites excluding steroid dienone is 1. The number of phenols is 1. The number of phenolic OH excluding ortho intramolecular Hbond substituents is 1. The van der Waals surface area contributed by atoms with E-state index < -0.39 is 0 Å². The lowest BCUT2D eigenvalue weighted by Gasteiger charge is -2.31. The minimum absolute atomic E-state index is 0.225. The third-order valence-corrected chi connectivity index (χ3v) is 9.34. The van der Waals surface area contributed by atoms with Crippen LogP contribution in [0.1, 0.15) is 78.3 Å². The molecule has 4 heteroatoms. The molecule has 1 saturated heterocycles. The van der Waals surface area contributed by atoms with Gasteiger partial charge in [-0.1, -0.05) is 43.3 Å². The molecule has 1 saturated carbocycles. The first-order valence-corrected chi connectivity index (χ1v) is 15.6. The van der Waals surface area contributed by atoms with E-state index in [0.29, 0.717) is 30.3 Å². The van der Waals surface area contributed by atoms with Gasteiger partial charge < -0.3 is 19.3 Å². The van der Waals surface area contributed by atoms with Crippen molar-refractivity contribution in [2.75, 3.05) is 13.2 Å². The second-order valence-electron chi connectivity index (χ2n) is 12.4. The predicted octanol–water partition coefficient (Wildman–Crippen LogP) is 8.39. The molecule has 3 aromatic rings. The molecule has 0 spiro atoms. The van der Waals surface area contributed by atoms with E-state index in [2.05, 4.69) is 30.8 Å². The fourth-order valence-corrected chi connectivity index (χ4v) is 7.11. The Morgan fingerprint density at radius 3 is 2.61 bits per heavy atom. The molecule has 0 radical (unpaired) electrons. The number of ether oxygens (including phenoxy) is 3. The number of rotatable bonds is 9. The first-order chi connectivity index (χ1) is 20.0. The monoisotopic (exact) mass is 552 g/mol. The van der Waals surface area contributed by atoms with E-state index in [1.54, 1.807) is 6.07 Å². The third kappa shape index (κ3) is 6.64. The van der Waals surface area contributed by atoms with Crippen molar-refractivity contribution in [2.24, 2.45) is 11.8 Å². The number of fused-ring (bicyclic) bond motifs is 1.